The number of hydrogen-bond donors (Lipinski definition) is 3. The number of ether oxygens (including phenoxy) is 4. The van der Waals surface area contributed by atoms with E-state index in [4.69, 9.17) is 37.0 Å². The van der Waals surface area contributed by atoms with Crippen LogP contribution in [-0.2, 0) is 65.4 Å². The van der Waals surface area contributed by atoms with E-state index in [2.05, 4.69) is 137 Å². The smallest absolute Gasteiger partial charge is 0.462 e. The molecule has 19 heteroatoms. The van der Waals surface area contributed by atoms with Crippen molar-refractivity contribution in [3.63, 3.8) is 0 Å². The van der Waals surface area contributed by atoms with E-state index < -0.39 is 97.5 Å². The van der Waals surface area contributed by atoms with Gasteiger partial charge in [0.05, 0.1) is 26.4 Å². The fourth-order valence-electron chi connectivity index (χ4n) is 9.99. The second-order valence-electron chi connectivity index (χ2n) is 25.9. The molecule has 0 saturated carbocycles. The van der Waals surface area contributed by atoms with Crippen molar-refractivity contribution in [3.8, 4) is 0 Å². The first-order chi connectivity index (χ1) is 49.7. The summed E-state index contributed by atoms with van der Waals surface area (Å²) >= 11 is 0. The van der Waals surface area contributed by atoms with E-state index in [0.717, 1.165) is 135 Å². The summed E-state index contributed by atoms with van der Waals surface area (Å²) in [5.74, 6) is -2.33. The summed E-state index contributed by atoms with van der Waals surface area (Å²) in [7, 11) is -10.00. The van der Waals surface area contributed by atoms with Gasteiger partial charge in [-0.3, -0.25) is 37.3 Å². The molecular formula is C83H140O17P2. The van der Waals surface area contributed by atoms with Gasteiger partial charge in [-0.05, 0) is 161 Å². The SMILES string of the molecule is CCCCC/C=C\C/C=C\C/C=C\C/C=C\CCCC(=O)OC[C@H](COP(=O)(O)OC[C@H](O)COP(=O)(O)OC[C@@H](COC(=O)CCCCCCC/C=C\C/C=C\CCCCC)OC(=O)CCCCCCC/C=C\CCCCCC)OC(=O)CCC/C=C\C/C=C\C/C=C\C/C=C\CCCCC. The van der Waals surface area contributed by atoms with Crippen LogP contribution in [0, 0.1) is 0 Å². The predicted molar refractivity (Wildman–Crippen MR) is 418 cm³/mol. The normalized spacial score (nSPS) is 14.6. The minimum atomic E-state index is -5.01. The first-order valence-corrected chi connectivity index (χ1v) is 42.4. The number of carbonyl (C=O) groups is 4. The number of aliphatic hydroxyl groups is 1. The standard InChI is InChI=1S/C83H140O17P2/c1-5-9-13-17-21-25-29-33-36-38-41-45-48-52-56-60-64-68-81(86)94-74-79(100-83(88)70-66-62-58-54-50-46-42-39-37-34-30-26-22-18-14-10-6-2)76-98-102(91,92)96-72-77(84)71-95-101(89,90)97-75-78(99-82(87)69-65-61-57-53-49-43-32-28-24-20-16-12-8-4)73-93-80(85)67-63-59-55-51-47-44-40-35-31-27-23-19-15-11-7-3/h21-23,25-28,32-37,40-42,45-46,52,54,56,58,77-79,84H,5-20,24,29-31,38-39,43-44,47-51,53,55,57,59-76H2,1-4H3,(H,89,90)(H,91,92)/b25-21-,26-22-,27-23-,32-28-,36-33-,37-34-,40-35-,45-41-,46-42-,56-52-,58-54-/t77-,78-,79-/m1/s1. The van der Waals surface area contributed by atoms with Crippen LogP contribution < -0.4 is 0 Å². The van der Waals surface area contributed by atoms with Gasteiger partial charge in [0.1, 0.15) is 19.3 Å². The topological polar surface area (TPSA) is 237 Å². The lowest BCUT2D eigenvalue weighted by molar-refractivity contribution is -0.161. The van der Waals surface area contributed by atoms with E-state index in [1.54, 1.807) is 0 Å². The summed E-state index contributed by atoms with van der Waals surface area (Å²) < 4.78 is 68.4. The molecule has 0 aromatic carbocycles. The Morgan fingerprint density at radius 1 is 0.275 bits per heavy atom. The van der Waals surface area contributed by atoms with Crippen molar-refractivity contribution >= 4 is 39.5 Å². The Morgan fingerprint density at radius 3 is 0.814 bits per heavy atom. The van der Waals surface area contributed by atoms with Crippen LogP contribution in [-0.4, -0.2) is 96.7 Å². The van der Waals surface area contributed by atoms with Crippen molar-refractivity contribution in [1.82, 2.24) is 0 Å². The Morgan fingerprint density at radius 2 is 0.490 bits per heavy atom. The van der Waals surface area contributed by atoms with Crippen LogP contribution in [0.2, 0.25) is 0 Å². The summed E-state index contributed by atoms with van der Waals surface area (Å²) in [6, 6.07) is 0. The molecule has 0 spiro atoms. The molecular weight excluding hydrogens is 1330 g/mol. The largest absolute Gasteiger partial charge is 0.472 e. The van der Waals surface area contributed by atoms with Gasteiger partial charge in [-0.15, -0.1) is 0 Å². The maximum atomic E-state index is 13.1. The molecule has 17 nitrogen and oxygen atoms in total. The Hall–Kier alpha value is -4.80. The third kappa shape index (κ3) is 73.5. The minimum absolute atomic E-state index is 0.00397. The molecule has 2 unspecified atom stereocenters. The van der Waals surface area contributed by atoms with Gasteiger partial charge < -0.3 is 33.8 Å². The van der Waals surface area contributed by atoms with E-state index in [1.807, 2.05) is 24.3 Å². The van der Waals surface area contributed by atoms with Crippen molar-refractivity contribution in [2.75, 3.05) is 39.6 Å². The lowest BCUT2D eigenvalue weighted by Gasteiger charge is -2.21. The summed E-state index contributed by atoms with van der Waals surface area (Å²) in [5, 5.41) is 10.6. The van der Waals surface area contributed by atoms with Gasteiger partial charge >= 0.3 is 39.5 Å². The highest BCUT2D eigenvalue weighted by Crippen LogP contribution is 2.45. The van der Waals surface area contributed by atoms with Crippen molar-refractivity contribution in [2.24, 2.45) is 0 Å². The van der Waals surface area contributed by atoms with Gasteiger partial charge in [0.2, 0.25) is 0 Å². The van der Waals surface area contributed by atoms with Crippen LogP contribution >= 0.6 is 15.6 Å². The minimum Gasteiger partial charge on any atom is -0.462 e. The Kier molecular flexibility index (Phi) is 71.0. The molecule has 0 heterocycles. The van der Waals surface area contributed by atoms with Gasteiger partial charge in [-0.25, -0.2) is 9.13 Å². The van der Waals surface area contributed by atoms with Crippen molar-refractivity contribution in [2.45, 2.75) is 329 Å². The Labute approximate surface area is 618 Å². The highest BCUT2D eigenvalue weighted by molar-refractivity contribution is 7.47. The van der Waals surface area contributed by atoms with Crippen LogP contribution in [0.4, 0.5) is 0 Å². The number of phosphoric ester groups is 2. The average Bonchev–Trinajstić information content (AvgIpc) is 0.959. The molecule has 0 aromatic rings. The predicted octanol–water partition coefficient (Wildman–Crippen LogP) is 22.9. The van der Waals surface area contributed by atoms with Gasteiger partial charge in [-0.1, -0.05) is 258 Å². The number of aliphatic hydroxyl groups excluding tert-OH is 1. The lowest BCUT2D eigenvalue weighted by atomic mass is 10.1. The van der Waals surface area contributed by atoms with Gasteiger partial charge in [0, 0.05) is 25.7 Å². The van der Waals surface area contributed by atoms with E-state index in [1.165, 1.54) is 83.5 Å². The van der Waals surface area contributed by atoms with Crippen LogP contribution in [0.25, 0.3) is 0 Å². The zero-order chi connectivity index (χ0) is 74.6. The molecule has 0 aliphatic carbocycles. The summed E-state index contributed by atoms with van der Waals surface area (Å²) in [5.41, 5.74) is 0. The number of unbranched alkanes of at least 4 members (excludes halogenated alkanes) is 25. The molecule has 0 amide bonds. The first kappa shape index (κ1) is 97.2. The molecule has 584 valence electrons. The van der Waals surface area contributed by atoms with E-state index in [-0.39, 0.29) is 25.7 Å². The van der Waals surface area contributed by atoms with Crippen LogP contribution in [0.1, 0.15) is 310 Å². The molecule has 0 aliphatic rings. The molecule has 0 radical (unpaired) electrons. The highest BCUT2D eigenvalue weighted by atomic mass is 31.2. The quantitative estimate of drug-likeness (QED) is 0.0169. The number of allylic oxidation sites excluding steroid dienone is 22. The van der Waals surface area contributed by atoms with E-state index >= 15 is 0 Å². The zero-order valence-electron chi connectivity index (χ0n) is 63.7. The molecule has 0 aliphatic heterocycles. The third-order valence-electron chi connectivity index (χ3n) is 16.1. The molecule has 0 aromatic heterocycles. The van der Waals surface area contributed by atoms with Gasteiger partial charge in [-0.2, -0.15) is 0 Å². The summed E-state index contributed by atoms with van der Waals surface area (Å²) in [4.78, 5) is 72.9. The number of carbonyl (C=O) groups excluding carboxylic acids is 4. The first-order valence-electron chi connectivity index (χ1n) is 39.4. The molecule has 0 bridgehead atoms. The second-order valence-corrected chi connectivity index (χ2v) is 28.8. The fraction of sp³-hybridized carbons (Fsp3) is 0.687. The van der Waals surface area contributed by atoms with Crippen molar-refractivity contribution in [3.05, 3.63) is 134 Å². The lowest BCUT2D eigenvalue weighted by Crippen LogP contribution is -2.30. The monoisotopic (exact) mass is 1470 g/mol. The maximum Gasteiger partial charge on any atom is 0.472 e. The van der Waals surface area contributed by atoms with Crippen LogP contribution in [0.15, 0.2) is 134 Å². The molecule has 0 saturated heterocycles. The molecule has 102 heavy (non-hydrogen) atoms. The fourth-order valence-corrected chi connectivity index (χ4v) is 11.6. The highest BCUT2D eigenvalue weighted by Gasteiger charge is 2.30. The molecule has 0 rings (SSSR count). The Balaban J connectivity index is 5.48. The summed E-state index contributed by atoms with van der Waals surface area (Å²) in [6.07, 6.45) is 83.0. The molecule has 0 fully saturated rings. The third-order valence-corrected chi connectivity index (χ3v) is 18.0. The van der Waals surface area contributed by atoms with Crippen molar-refractivity contribution < 1.29 is 80.2 Å². The number of esters is 4. The molecule has 5 atom stereocenters. The van der Waals surface area contributed by atoms with Gasteiger partial charge in [0.15, 0.2) is 12.2 Å². The van der Waals surface area contributed by atoms with Crippen LogP contribution in [0.3, 0.4) is 0 Å². The number of phosphoric acid groups is 2. The van der Waals surface area contributed by atoms with Gasteiger partial charge in [0.25, 0.3) is 0 Å². The maximum absolute atomic E-state index is 13.1. The van der Waals surface area contributed by atoms with Crippen molar-refractivity contribution in [1.29, 1.82) is 0 Å². The van der Waals surface area contributed by atoms with Crippen LogP contribution in [0.5, 0.6) is 0 Å². The second kappa shape index (κ2) is 74.5. The number of hydrogen-bond acceptors (Lipinski definition) is 15. The zero-order valence-corrected chi connectivity index (χ0v) is 65.5. The summed E-state index contributed by atoms with van der Waals surface area (Å²) in [6.45, 7) is 4.63. The average molecular weight is 1470 g/mol. The van der Waals surface area contributed by atoms with E-state index in [9.17, 15) is 43.2 Å². The Bertz CT molecular complexity index is 2460. The number of rotatable bonds is 73. The van der Waals surface area contributed by atoms with E-state index in [0.29, 0.717) is 38.5 Å². The molecule has 3 N–H and O–H groups in total.